The molecular weight excluding hydrogens is 159 g/mol. The van der Waals surface area contributed by atoms with Gasteiger partial charge in [-0.25, -0.2) is 0 Å². The Morgan fingerprint density at radius 3 is 2.43 bits per heavy atom. The second kappa shape index (κ2) is 4.16. The number of hydrogen-bond donors (Lipinski definition) is 1. The first-order valence-electron chi connectivity index (χ1n) is 2.10. The summed E-state index contributed by atoms with van der Waals surface area (Å²) >= 11 is 2.35. The van der Waals surface area contributed by atoms with Crippen molar-refractivity contribution in [2.75, 3.05) is 0 Å². The Bertz CT molecular complexity index is 62.7. The van der Waals surface area contributed by atoms with E-state index in [2.05, 4.69) is 16.0 Å². The number of carboxylic acid groups (broad SMARTS) is 1. The van der Waals surface area contributed by atoms with Gasteiger partial charge in [-0.3, -0.25) is 0 Å². The summed E-state index contributed by atoms with van der Waals surface area (Å²) < 4.78 is 0. The van der Waals surface area contributed by atoms with Crippen LogP contribution >= 0.6 is 0 Å². The van der Waals surface area contributed by atoms with Crippen LogP contribution in [0.3, 0.4) is 0 Å². The van der Waals surface area contributed by atoms with Gasteiger partial charge in [0, 0.05) is 0 Å². The number of carbonyl (C=O) groups is 1. The van der Waals surface area contributed by atoms with E-state index in [-0.39, 0.29) is 0 Å². The number of hydrogen-bond acceptors (Lipinski definition) is 1. The van der Waals surface area contributed by atoms with Crippen molar-refractivity contribution in [1.29, 1.82) is 0 Å². The van der Waals surface area contributed by atoms with Gasteiger partial charge in [0.15, 0.2) is 0 Å². The molecule has 0 amide bonds. The van der Waals surface area contributed by atoms with Crippen LogP contribution in [-0.2, 0) is 4.79 Å². The van der Waals surface area contributed by atoms with Crippen LogP contribution in [0.5, 0.6) is 0 Å². The van der Waals surface area contributed by atoms with Crippen LogP contribution in [-0.4, -0.2) is 27.1 Å². The van der Waals surface area contributed by atoms with E-state index in [1.54, 1.807) is 0 Å². The van der Waals surface area contributed by atoms with Gasteiger partial charge in [0.1, 0.15) is 0 Å². The van der Waals surface area contributed by atoms with Crippen molar-refractivity contribution in [2.45, 2.75) is 18.2 Å². The Morgan fingerprint density at radius 1 is 1.71 bits per heavy atom. The minimum atomic E-state index is -0.703. The van der Waals surface area contributed by atoms with Gasteiger partial charge < -0.3 is 0 Å². The second-order valence-electron chi connectivity index (χ2n) is 1.22. The third-order valence-corrected chi connectivity index (χ3v) is 1.21. The van der Waals surface area contributed by atoms with E-state index in [9.17, 15) is 4.79 Å². The molecule has 3 heteroatoms. The molecule has 2 nitrogen and oxygen atoms in total. The summed E-state index contributed by atoms with van der Waals surface area (Å²) in [6.07, 6.45) is 1.07. The average molecular weight is 167 g/mol. The molecule has 0 saturated carbocycles. The molecule has 0 rings (SSSR count). The molecule has 0 heterocycles. The molecule has 0 spiro atoms. The minimum absolute atomic E-state index is 0.300. The van der Waals surface area contributed by atoms with Crippen molar-refractivity contribution in [3.63, 3.8) is 0 Å². The molecule has 7 heavy (non-hydrogen) atoms. The molecule has 0 aliphatic heterocycles. The van der Waals surface area contributed by atoms with Gasteiger partial charge in [0.05, 0.1) is 0 Å². The predicted octanol–water partition coefficient (Wildman–Crippen LogP) is 0.170. The quantitative estimate of drug-likeness (QED) is 0.608. The third-order valence-electron chi connectivity index (χ3n) is 0.549. The molecule has 0 aromatic rings. The molecule has 1 N–H and O–H groups in total. The summed E-state index contributed by atoms with van der Waals surface area (Å²) in [7, 11) is 0. The van der Waals surface area contributed by atoms with Crippen molar-refractivity contribution in [3.05, 3.63) is 0 Å². The Kier molecular flexibility index (Phi) is 4.15. The van der Waals surface area contributed by atoms with E-state index in [1.807, 2.05) is 0 Å². The van der Waals surface area contributed by atoms with Crippen LogP contribution in [0.2, 0.25) is 5.32 Å². The van der Waals surface area contributed by atoms with Crippen molar-refractivity contribution in [2.24, 2.45) is 0 Å². The molecule has 42 valence electrons. The van der Waals surface area contributed by atoms with Crippen LogP contribution in [0, 0.1) is 0 Å². The molecule has 0 aromatic heterocycles. The number of rotatable bonds is 3. The topological polar surface area (TPSA) is 37.3 Å². The van der Waals surface area contributed by atoms with E-state index < -0.39 is 5.97 Å². The Labute approximate surface area is 50.7 Å². The van der Waals surface area contributed by atoms with Gasteiger partial charge >= 0.3 is 50.0 Å². The summed E-state index contributed by atoms with van der Waals surface area (Å²) in [5, 5.41) is 8.94. The van der Waals surface area contributed by atoms with Gasteiger partial charge in [-0.15, -0.1) is 0 Å². The molecule has 0 aliphatic rings. The molecule has 0 atom stereocenters. The van der Waals surface area contributed by atoms with Gasteiger partial charge in [0.2, 0.25) is 0 Å². The van der Waals surface area contributed by atoms with Crippen LogP contribution in [0.15, 0.2) is 0 Å². The van der Waals surface area contributed by atoms with Gasteiger partial charge in [0.25, 0.3) is 0 Å². The molecule has 0 unspecified atom stereocenters. The first-order valence-corrected chi connectivity index (χ1v) is 3.42. The van der Waals surface area contributed by atoms with Gasteiger partial charge in [-0.1, -0.05) is 0 Å². The fourth-order valence-corrected chi connectivity index (χ4v) is 0.562. The standard InChI is InChI=1S/C4H8O2Se/c5-4(6)2-1-3-7/h7H,1-3H2,(H,5,6). The SMILES string of the molecule is O=C(O)CCC[SeH]. The second-order valence-corrected chi connectivity index (χ2v) is 2.16. The van der Waals surface area contributed by atoms with Crippen molar-refractivity contribution < 1.29 is 9.90 Å². The van der Waals surface area contributed by atoms with E-state index in [0.717, 1.165) is 11.7 Å². The van der Waals surface area contributed by atoms with Crippen molar-refractivity contribution >= 4 is 22.0 Å². The fraction of sp³-hybridized carbons (Fsp3) is 0.750. The Balaban J connectivity index is 2.82. The zero-order chi connectivity index (χ0) is 5.70. The van der Waals surface area contributed by atoms with Crippen molar-refractivity contribution in [1.82, 2.24) is 0 Å². The molecule has 0 bridgehead atoms. The first kappa shape index (κ1) is 6.99. The van der Waals surface area contributed by atoms with Gasteiger partial charge in [-0.2, -0.15) is 0 Å². The summed E-state index contributed by atoms with van der Waals surface area (Å²) in [6, 6.07) is 0. The normalized spacial score (nSPS) is 8.71. The monoisotopic (exact) mass is 168 g/mol. The summed E-state index contributed by atoms with van der Waals surface area (Å²) in [5.74, 6) is -0.703. The third kappa shape index (κ3) is 5.99. The first-order chi connectivity index (χ1) is 3.27. The molecular formula is C4H8O2Se. The Morgan fingerprint density at radius 2 is 2.29 bits per heavy atom. The zero-order valence-electron chi connectivity index (χ0n) is 3.92. The van der Waals surface area contributed by atoms with E-state index in [0.29, 0.717) is 6.42 Å². The Hall–Kier alpha value is -0.0105. The molecule has 0 aromatic carbocycles. The number of carboxylic acids is 1. The maximum atomic E-state index is 9.75. The van der Waals surface area contributed by atoms with Crippen LogP contribution in [0.1, 0.15) is 12.8 Å². The van der Waals surface area contributed by atoms with E-state index >= 15 is 0 Å². The van der Waals surface area contributed by atoms with Crippen molar-refractivity contribution in [3.8, 4) is 0 Å². The van der Waals surface area contributed by atoms with Gasteiger partial charge in [-0.05, 0) is 0 Å². The number of aliphatic carboxylic acids is 1. The summed E-state index contributed by atoms with van der Waals surface area (Å²) in [6.45, 7) is 0. The summed E-state index contributed by atoms with van der Waals surface area (Å²) in [5.41, 5.74) is 0. The molecule has 0 radical (unpaired) electrons. The van der Waals surface area contributed by atoms with Crippen LogP contribution in [0.25, 0.3) is 0 Å². The zero-order valence-corrected chi connectivity index (χ0v) is 5.80. The van der Waals surface area contributed by atoms with E-state index in [4.69, 9.17) is 5.11 Å². The average Bonchev–Trinajstić information content (AvgIpc) is 1.61. The fourth-order valence-electron chi connectivity index (χ4n) is 0.230. The van der Waals surface area contributed by atoms with E-state index in [1.165, 1.54) is 0 Å². The molecule has 0 aliphatic carbocycles. The van der Waals surface area contributed by atoms with Crippen LogP contribution in [0.4, 0.5) is 0 Å². The summed E-state index contributed by atoms with van der Waals surface area (Å²) in [4.78, 5) is 9.75. The molecule has 0 saturated heterocycles. The maximum absolute atomic E-state index is 9.75. The molecule has 0 fully saturated rings. The predicted molar refractivity (Wildman–Crippen MR) is 28.8 cm³/mol. The van der Waals surface area contributed by atoms with Crippen LogP contribution < -0.4 is 0 Å².